The van der Waals surface area contributed by atoms with Gasteiger partial charge in [0.1, 0.15) is 16.6 Å². The van der Waals surface area contributed by atoms with Gasteiger partial charge in [0.05, 0.1) is 17.0 Å². The fourth-order valence-corrected chi connectivity index (χ4v) is 6.64. The first-order valence-corrected chi connectivity index (χ1v) is 11.4. The van der Waals surface area contributed by atoms with Crippen molar-refractivity contribution in [2.75, 3.05) is 18.0 Å². The Labute approximate surface area is 189 Å². The third-order valence-electron chi connectivity index (χ3n) is 6.49. The third-order valence-corrected chi connectivity index (χ3v) is 8.26. The molecule has 8 nitrogen and oxygen atoms in total. The number of fused-ring (bicyclic) bond motifs is 1. The highest BCUT2D eigenvalue weighted by Crippen LogP contribution is 2.55. The third kappa shape index (κ3) is 3.37. The molecule has 32 heavy (non-hydrogen) atoms. The molecule has 2 aromatic rings. The number of aromatic nitrogens is 3. The van der Waals surface area contributed by atoms with E-state index in [1.165, 1.54) is 6.20 Å². The van der Waals surface area contributed by atoms with E-state index in [1.54, 1.807) is 30.2 Å². The monoisotopic (exact) mass is 451 g/mol. The van der Waals surface area contributed by atoms with Crippen LogP contribution in [0.5, 0.6) is 0 Å². The molecule has 0 saturated carbocycles. The zero-order valence-corrected chi connectivity index (χ0v) is 18.1. The van der Waals surface area contributed by atoms with Gasteiger partial charge < -0.3 is 15.5 Å². The van der Waals surface area contributed by atoms with Gasteiger partial charge in [-0.2, -0.15) is 5.26 Å². The van der Waals surface area contributed by atoms with Crippen LogP contribution in [0.2, 0.25) is 0 Å². The molecule has 0 radical (unpaired) electrons. The molecule has 10 heteroatoms. The zero-order valence-electron chi connectivity index (χ0n) is 17.3. The molecule has 5 rings (SSSR count). The van der Waals surface area contributed by atoms with Gasteiger partial charge in [0.25, 0.3) is 0 Å². The molecule has 3 fully saturated rings. The van der Waals surface area contributed by atoms with Crippen molar-refractivity contribution < 1.29 is 9.18 Å². The van der Waals surface area contributed by atoms with Crippen molar-refractivity contribution in [3.05, 3.63) is 53.9 Å². The standard InChI is InChI=1S/C22H22FN7OS/c23-16(11-25)20-27-6-3-18(28-20)29-7-4-22(5-8-29)21(31)30-17(1-2-19(30)32-22)15-9-14(10-24)12-26-13-15/h3,6,9,11-13,17,19H,1-2,4-5,7-8,25H2/b16-11+/t17-,19+/m0/s1. The Hall–Kier alpha value is -3.19. The number of rotatable bonds is 3. The predicted molar refractivity (Wildman–Crippen MR) is 119 cm³/mol. The van der Waals surface area contributed by atoms with E-state index < -0.39 is 10.6 Å². The molecule has 3 aliphatic rings. The van der Waals surface area contributed by atoms with Crippen molar-refractivity contribution in [3.8, 4) is 6.07 Å². The molecule has 1 spiro atoms. The minimum atomic E-state index is -0.663. The predicted octanol–water partition coefficient (Wildman–Crippen LogP) is 2.75. The highest BCUT2D eigenvalue weighted by atomic mass is 32.2. The molecule has 2 aromatic heterocycles. The van der Waals surface area contributed by atoms with Gasteiger partial charge in [-0.15, -0.1) is 11.8 Å². The first-order valence-electron chi connectivity index (χ1n) is 10.6. The highest BCUT2D eigenvalue weighted by Gasteiger charge is 2.57. The second-order valence-corrected chi connectivity index (χ2v) is 9.79. The number of halogens is 1. The topological polar surface area (TPSA) is 112 Å². The van der Waals surface area contributed by atoms with Gasteiger partial charge >= 0.3 is 0 Å². The Morgan fingerprint density at radius 3 is 2.91 bits per heavy atom. The van der Waals surface area contributed by atoms with Crippen LogP contribution in [0.15, 0.2) is 36.9 Å². The molecule has 5 heterocycles. The summed E-state index contributed by atoms with van der Waals surface area (Å²) in [4.78, 5) is 30.1. The fraction of sp³-hybridized carbons (Fsp3) is 0.409. The number of pyridine rings is 1. The molecule has 0 bridgehead atoms. The smallest absolute Gasteiger partial charge is 0.240 e. The maximum absolute atomic E-state index is 13.8. The largest absolute Gasteiger partial charge is 0.402 e. The number of nitriles is 1. The van der Waals surface area contributed by atoms with Crippen molar-refractivity contribution in [3.63, 3.8) is 0 Å². The van der Waals surface area contributed by atoms with E-state index >= 15 is 0 Å². The minimum Gasteiger partial charge on any atom is -0.402 e. The summed E-state index contributed by atoms with van der Waals surface area (Å²) in [6, 6.07) is 5.69. The molecule has 1 amide bonds. The number of anilines is 1. The lowest BCUT2D eigenvalue weighted by Gasteiger charge is -2.38. The minimum absolute atomic E-state index is 0.0337. The van der Waals surface area contributed by atoms with Crippen LogP contribution < -0.4 is 10.6 Å². The van der Waals surface area contributed by atoms with E-state index in [-0.39, 0.29) is 23.1 Å². The molecule has 164 valence electrons. The van der Waals surface area contributed by atoms with Crippen molar-refractivity contribution >= 4 is 29.3 Å². The van der Waals surface area contributed by atoms with Crippen LogP contribution in [0.1, 0.15) is 48.7 Å². The Morgan fingerprint density at radius 2 is 2.16 bits per heavy atom. The molecule has 0 aromatic carbocycles. The summed E-state index contributed by atoms with van der Waals surface area (Å²) in [5.74, 6) is 0.115. The van der Waals surface area contributed by atoms with Crippen LogP contribution in [0, 0.1) is 11.3 Å². The lowest BCUT2D eigenvalue weighted by atomic mass is 9.93. The number of hydrogen-bond donors (Lipinski definition) is 1. The van der Waals surface area contributed by atoms with Crippen molar-refractivity contribution in [2.24, 2.45) is 5.73 Å². The van der Waals surface area contributed by atoms with Gasteiger partial charge in [0, 0.05) is 37.9 Å². The van der Waals surface area contributed by atoms with E-state index in [2.05, 4.69) is 25.9 Å². The average Bonchev–Trinajstić information content (AvgIpc) is 3.37. The molecule has 0 unspecified atom stereocenters. The molecular formula is C22H22FN7OS. The Bertz CT molecular complexity index is 1130. The number of thioether (sulfide) groups is 1. The van der Waals surface area contributed by atoms with Crippen LogP contribution >= 0.6 is 11.8 Å². The van der Waals surface area contributed by atoms with Crippen LogP contribution in [0.25, 0.3) is 5.83 Å². The molecular weight excluding hydrogens is 429 g/mol. The highest BCUT2D eigenvalue weighted by molar-refractivity contribution is 8.02. The molecule has 3 saturated heterocycles. The Balaban J connectivity index is 1.32. The number of carbonyl (C=O) groups excluding carboxylic acids is 1. The lowest BCUT2D eigenvalue weighted by molar-refractivity contribution is -0.134. The SMILES string of the molecule is N#Cc1cncc([C@@H]2CC[C@H]3SC4(CCN(c5ccnc(/C(F)=C\N)n5)CC4)C(=O)N32)c1. The Kier molecular flexibility index (Phi) is 5.21. The first kappa shape index (κ1) is 20.7. The summed E-state index contributed by atoms with van der Waals surface area (Å²) < 4.78 is 13.3. The molecule has 2 N–H and O–H groups in total. The summed E-state index contributed by atoms with van der Waals surface area (Å²) in [6.07, 6.45) is 8.88. The van der Waals surface area contributed by atoms with Crippen LogP contribution in [0.4, 0.5) is 10.2 Å². The van der Waals surface area contributed by atoms with Crippen molar-refractivity contribution in [2.45, 2.75) is 41.8 Å². The molecule has 2 atom stereocenters. The van der Waals surface area contributed by atoms with Crippen molar-refractivity contribution in [1.29, 1.82) is 5.26 Å². The summed E-state index contributed by atoms with van der Waals surface area (Å²) in [5.41, 5.74) is 6.69. The first-order chi connectivity index (χ1) is 15.5. The number of piperidine rings is 1. The van der Waals surface area contributed by atoms with Gasteiger partial charge in [0.15, 0.2) is 11.7 Å². The molecule has 3 aliphatic heterocycles. The second-order valence-electron chi connectivity index (χ2n) is 8.23. The summed E-state index contributed by atoms with van der Waals surface area (Å²) in [5, 5.41) is 9.36. The van der Waals surface area contributed by atoms with Gasteiger partial charge in [-0.1, -0.05) is 0 Å². The van der Waals surface area contributed by atoms with E-state index in [4.69, 9.17) is 5.73 Å². The summed E-state index contributed by atoms with van der Waals surface area (Å²) in [7, 11) is 0. The van der Waals surface area contributed by atoms with Crippen molar-refractivity contribution in [1.82, 2.24) is 19.9 Å². The van der Waals surface area contributed by atoms with E-state index in [0.29, 0.717) is 37.3 Å². The van der Waals surface area contributed by atoms with Crippen LogP contribution in [-0.4, -0.2) is 49.0 Å². The van der Waals surface area contributed by atoms with E-state index in [9.17, 15) is 14.4 Å². The fourth-order valence-electron chi connectivity index (χ4n) is 4.89. The lowest BCUT2D eigenvalue weighted by Crippen LogP contribution is -2.48. The van der Waals surface area contributed by atoms with Gasteiger partial charge in [-0.3, -0.25) is 9.78 Å². The number of nitrogens with two attached hydrogens (primary N) is 1. The maximum atomic E-state index is 13.8. The molecule has 0 aliphatic carbocycles. The van der Waals surface area contributed by atoms with Gasteiger partial charge in [-0.05, 0) is 43.4 Å². The van der Waals surface area contributed by atoms with Gasteiger partial charge in [0.2, 0.25) is 5.91 Å². The maximum Gasteiger partial charge on any atom is 0.240 e. The van der Waals surface area contributed by atoms with Crippen LogP contribution in [0.3, 0.4) is 0 Å². The number of nitrogens with zero attached hydrogens (tertiary/aromatic N) is 6. The van der Waals surface area contributed by atoms with Gasteiger partial charge in [-0.25, -0.2) is 14.4 Å². The quantitative estimate of drug-likeness (QED) is 0.758. The number of carbonyl (C=O) groups is 1. The van der Waals surface area contributed by atoms with E-state index in [1.807, 2.05) is 11.0 Å². The van der Waals surface area contributed by atoms with Crippen LogP contribution in [-0.2, 0) is 4.79 Å². The normalized spacial score (nSPS) is 24.6. The Morgan fingerprint density at radius 1 is 1.34 bits per heavy atom. The number of hydrogen-bond acceptors (Lipinski definition) is 8. The zero-order chi connectivity index (χ0) is 22.3. The summed E-state index contributed by atoms with van der Waals surface area (Å²) in [6.45, 7) is 1.31. The average molecular weight is 452 g/mol. The summed E-state index contributed by atoms with van der Waals surface area (Å²) >= 11 is 1.78. The van der Waals surface area contributed by atoms with E-state index in [0.717, 1.165) is 24.6 Å². The second kappa shape index (κ2) is 8.06. The number of amides is 1.